The van der Waals surface area contributed by atoms with Gasteiger partial charge in [-0.15, -0.1) is 10.2 Å². The second-order valence-electron chi connectivity index (χ2n) is 8.40. The molecule has 10 nitrogen and oxygen atoms in total. The number of hydrogen-bond acceptors (Lipinski definition) is 10. The summed E-state index contributed by atoms with van der Waals surface area (Å²) in [5.74, 6) is -0.0616. The van der Waals surface area contributed by atoms with Gasteiger partial charge in [0.1, 0.15) is 12.6 Å². The number of fused-ring (bicyclic) bond motifs is 2. The number of guanidine groups is 2. The third-order valence-corrected chi connectivity index (χ3v) is 6.55. The smallest absolute Gasteiger partial charge is 0.238 e. The molecular formula is C24H26N8O2. The number of nitrogens with one attached hydrogen (secondary N) is 4. The quantitative estimate of drug-likeness (QED) is 0.309. The van der Waals surface area contributed by atoms with Crippen molar-refractivity contribution in [2.45, 2.75) is 25.7 Å². The Morgan fingerprint density at radius 1 is 0.882 bits per heavy atom. The number of anilines is 1. The molecule has 2 aromatic rings. The van der Waals surface area contributed by atoms with Crippen LogP contribution in [-0.4, -0.2) is 50.7 Å². The minimum Gasteiger partial charge on any atom is -0.353 e. The van der Waals surface area contributed by atoms with Crippen molar-refractivity contribution >= 4 is 35.9 Å². The van der Waals surface area contributed by atoms with E-state index in [-0.39, 0.29) is 0 Å². The van der Waals surface area contributed by atoms with E-state index < -0.39 is 11.8 Å². The van der Waals surface area contributed by atoms with Gasteiger partial charge < -0.3 is 20.2 Å². The Labute approximate surface area is 197 Å². The molecule has 0 radical (unpaired) electrons. The molecule has 0 saturated heterocycles. The molecule has 0 fully saturated rings. The second kappa shape index (κ2) is 9.05. The van der Waals surface area contributed by atoms with Crippen molar-refractivity contribution in [1.29, 1.82) is 0 Å². The van der Waals surface area contributed by atoms with Crippen LogP contribution in [0, 0.1) is 13.8 Å². The zero-order valence-corrected chi connectivity index (χ0v) is 19.1. The molecule has 2 unspecified atom stereocenters. The molecule has 3 aliphatic rings. The average Bonchev–Trinajstić information content (AvgIpc) is 3.57. The topological polar surface area (TPSA) is 132 Å². The maximum absolute atomic E-state index is 12.5. The van der Waals surface area contributed by atoms with Crippen LogP contribution >= 0.6 is 0 Å². The first-order valence-electron chi connectivity index (χ1n) is 11.3. The molecular weight excluding hydrogens is 432 g/mol. The fourth-order valence-corrected chi connectivity index (χ4v) is 4.78. The summed E-state index contributed by atoms with van der Waals surface area (Å²) in [6, 6.07) is 7.57. The van der Waals surface area contributed by atoms with Gasteiger partial charge in [0.15, 0.2) is 0 Å². The van der Waals surface area contributed by atoms with E-state index in [2.05, 4.69) is 41.7 Å². The largest absolute Gasteiger partial charge is 0.353 e. The lowest BCUT2D eigenvalue weighted by atomic mass is 9.71. The Morgan fingerprint density at radius 3 is 2.18 bits per heavy atom. The van der Waals surface area contributed by atoms with Crippen molar-refractivity contribution in [3.63, 3.8) is 0 Å². The molecule has 0 amide bonds. The highest BCUT2D eigenvalue weighted by molar-refractivity contribution is 5.91. The molecule has 0 bridgehead atoms. The molecule has 34 heavy (non-hydrogen) atoms. The Morgan fingerprint density at radius 2 is 1.56 bits per heavy atom. The van der Waals surface area contributed by atoms with Gasteiger partial charge in [-0.1, -0.05) is 24.3 Å². The average molecular weight is 459 g/mol. The number of nitrogens with zero attached hydrogens (tertiary/aromatic N) is 4. The van der Waals surface area contributed by atoms with Gasteiger partial charge in [-0.2, -0.15) is 0 Å². The molecule has 2 aromatic carbocycles. The highest BCUT2D eigenvalue weighted by Gasteiger charge is 2.37. The van der Waals surface area contributed by atoms with Crippen LogP contribution in [0.3, 0.4) is 0 Å². The van der Waals surface area contributed by atoms with Gasteiger partial charge >= 0.3 is 0 Å². The fraction of sp³-hybridized carbons (Fsp3) is 0.333. The van der Waals surface area contributed by atoms with E-state index in [9.17, 15) is 9.59 Å². The van der Waals surface area contributed by atoms with Gasteiger partial charge in [-0.25, -0.2) is 4.99 Å². The monoisotopic (exact) mass is 458 g/mol. The molecule has 1 aliphatic carbocycles. The summed E-state index contributed by atoms with van der Waals surface area (Å²) in [5, 5.41) is 15.1. The van der Waals surface area contributed by atoms with Crippen LogP contribution in [0.2, 0.25) is 0 Å². The predicted octanol–water partition coefficient (Wildman–Crippen LogP) is 2.20. The van der Waals surface area contributed by atoms with Gasteiger partial charge in [0.05, 0.1) is 36.3 Å². The van der Waals surface area contributed by atoms with Crippen molar-refractivity contribution in [3.05, 3.63) is 57.6 Å². The Balaban J connectivity index is 1.73. The first kappa shape index (κ1) is 21.7. The first-order chi connectivity index (χ1) is 16.6. The number of hydrazine groups is 1. The van der Waals surface area contributed by atoms with E-state index in [1.54, 1.807) is 0 Å². The van der Waals surface area contributed by atoms with Crippen LogP contribution < -0.4 is 21.5 Å². The van der Waals surface area contributed by atoms with Gasteiger partial charge in [-0.05, 0) is 41.7 Å². The van der Waals surface area contributed by atoms with Crippen LogP contribution in [0.25, 0.3) is 0 Å². The molecule has 2 atom stereocenters. The zero-order chi connectivity index (χ0) is 23.7. The van der Waals surface area contributed by atoms with Crippen molar-refractivity contribution in [3.8, 4) is 0 Å². The summed E-state index contributed by atoms with van der Waals surface area (Å²) in [4.78, 5) is 33.7. The number of rotatable bonds is 5. The number of aldehydes is 2. The summed E-state index contributed by atoms with van der Waals surface area (Å²) in [5.41, 5.74) is 12.5. The van der Waals surface area contributed by atoms with E-state index in [0.717, 1.165) is 52.6 Å². The molecule has 10 heteroatoms. The maximum atomic E-state index is 12.5. The van der Waals surface area contributed by atoms with E-state index in [4.69, 9.17) is 0 Å². The minimum atomic E-state index is -0.586. The Kier molecular flexibility index (Phi) is 5.79. The lowest BCUT2D eigenvalue weighted by Crippen LogP contribution is -2.38. The third-order valence-electron chi connectivity index (χ3n) is 6.55. The molecule has 0 spiro atoms. The van der Waals surface area contributed by atoms with Crippen molar-refractivity contribution < 1.29 is 9.59 Å². The van der Waals surface area contributed by atoms with E-state index in [1.165, 1.54) is 0 Å². The van der Waals surface area contributed by atoms with Crippen LogP contribution in [0.5, 0.6) is 0 Å². The molecule has 0 saturated carbocycles. The Hall–Kier alpha value is -4.08. The standard InChI is InChI=1S/C24H26N8O2/c1-13-14(2)22(30-32-24-27-9-10-28-24)20-18(12-34)16-6-4-3-5-15(16)17(11-33)19(20)21(13)29-31-23-25-7-8-26-23/h3-6,11-12,17-18,29H,7-10H2,1-2H3,(H,27,28)(H2,25,26,31). The number of benzene rings is 2. The lowest BCUT2D eigenvalue weighted by molar-refractivity contribution is -0.109. The van der Waals surface area contributed by atoms with E-state index in [1.807, 2.05) is 38.1 Å². The highest BCUT2D eigenvalue weighted by Crippen LogP contribution is 2.51. The minimum absolute atomic E-state index is 0.464. The zero-order valence-electron chi connectivity index (χ0n) is 19.1. The van der Waals surface area contributed by atoms with Crippen LogP contribution in [0.15, 0.2) is 44.5 Å². The summed E-state index contributed by atoms with van der Waals surface area (Å²) in [6.45, 7) is 6.72. The predicted molar refractivity (Wildman–Crippen MR) is 130 cm³/mol. The van der Waals surface area contributed by atoms with Crippen molar-refractivity contribution in [2.75, 3.05) is 31.6 Å². The molecule has 2 heterocycles. The van der Waals surface area contributed by atoms with Crippen LogP contribution in [0.4, 0.5) is 11.4 Å². The number of hydrogen-bond donors (Lipinski definition) is 4. The first-order valence-corrected chi connectivity index (χ1v) is 11.3. The van der Waals surface area contributed by atoms with Crippen LogP contribution in [0.1, 0.15) is 45.2 Å². The summed E-state index contributed by atoms with van der Waals surface area (Å²) >= 11 is 0. The van der Waals surface area contributed by atoms with Gasteiger partial charge in [0.2, 0.25) is 11.9 Å². The van der Waals surface area contributed by atoms with E-state index in [0.29, 0.717) is 42.8 Å². The highest BCUT2D eigenvalue weighted by atomic mass is 16.1. The van der Waals surface area contributed by atoms with Crippen molar-refractivity contribution in [1.82, 2.24) is 16.1 Å². The van der Waals surface area contributed by atoms with Gasteiger partial charge in [-0.3, -0.25) is 15.8 Å². The number of aliphatic imine (C=N–C) groups is 2. The molecule has 174 valence electrons. The normalized spacial score (nSPS) is 20.5. The molecule has 5 rings (SSSR count). The molecule has 2 aliphatic heterocycles. The maximum Gasteiger partial charge on any atom is 0.238 e. The SMILES string of the molecule is Cc1c(C)c(NNC2=NCCN2)c2c(c1N=NC1=NCCN1)C(C=O)c1ccccc1C2C=O. The molecule has 4 N–H and O–H groups in total. The van der Waals surface area contributed by atoms with E-state index >= 15 is 0 Å². The second-order valence-corrected chi connectivity index (χ2v) is 8.40. The van der Waals surface area contributed by atoms with Gasteiger partial charge in [0.25, 0.3) is 0 Å². The van der Waals surface area contributed by atoms with Crippen molar-refractivity contribution in [2.24, 2.45) is 20.2 Å². The Bertz CT molecular complexity index is 1250. The number of carbonyl (C=O) groups is 2. The molecule has 0 aromatic heterocycles. The van der Waals surface area contributed by atoms with Crippen LogP contribution in [-0.2, 0) is 9.59 Å². The third kappa shape index (κ3) is 3.60. The lowest BCUT2D eigenvalue weighted by Gasteiger charge is -2.34. The summed E-state index contributed by atoms with van der Waals surface area (Å²) < 4.78 is 0. The number of carbonyl (C=O) groups excluding carboxylic acids is 2. The van der Waals surface area contributed by atoms with Gasteiger partial charge in [0, 0.05) is 18.7 Å². The summed E-state index contributed by atoms with van der Waals surface area (Å²) in [7, 11) is 0. The number of azo groups is 1. The fourth-order valence-electron chi connectivity index (χ4n) is 4.78. The summed E-state index contributed by atoms with van der Waals surface area (Å²) in [6.07, 6.45) is 1.84.